The molecule has 27 heavy (non-hydrogen) atoms. The molecule has 1 aliphatic carbocycles. The zero-order valence-electron chi connectivity index (χ0n) is 14.8. The number of hydrogen-bond acceptors (Lipinski definition) is 7. The summed E-state index contributed by atoms with van der Waals surface area (Å²) in [4.78, 5) is 24.3. The van der Waals surface area contributed by atoms with Crippen molar-refractivity contribution in [2.24, 2.45) is 5.92 Å². The Morgan fingerprint density at radius 1 is 1.04 bits per heavy atom. The van der Waals surface area contributed by atoms with Gasteiger partial charge in [0.05, 0.1) is 6.20 Å². The molecule has 0 unspecified atom stereocenters. The second kappa shape index (κ2) is 8.03. The van der Waals surface area contributed by atoms with Crippen LogP contribution in [0.4, 0.5) is 0 Å². The zero-order valence-corrected chi connectivity index (χ0v) is 14.8. The van der Waals surface area contributed by atoms with Crippen molar-refractivity contribution < 1.29 is 9.21 Å². The Balaban J connectivity index is 1.28. The minimum atomic E-state index is -0.0509. The number of carbonyl (C=O) groups is 1. The fraction of sp³-hybridized carbons (Fsp3) is 0.368. The van der Waals surface area contributed by atoms with Crippen LogP contribution in [-0.4, -0.2) is 37.6 Å². The molecule has 1 N–H and O–H groups in total. The molecule has 0 bridgehead atoms. The molecule has 1 saturated carbocycles. The summed E-state index contributed by atoms with van der Waals surface area (Å²) in [7, 11) is 0. The normalized spacial score (nSPS) is 19.6. The van der Waals surface area contributed by atoms with E-state index in [0.717, 1.165) is 25.7 Å². The van der Waals surface area contributed by atoms with Crippen LogP contribution in [0.3, 0.4) is 0 Å². The van der Waals surface area contributed by atoms with E-state index in [9.17, 15) is 4.79 Å². The maximum absolute atomic E-state index is 12.1. The molecule has 1 amide bonds. The molecule has 4 rings (SSSR count). The predicted octanol–water partition coefficient (Wildman–Crippen LogP) is 2.63. The fourth-order valence-corrected chi connectivity index (χ4v) is 3.37. The summed E-state index contributed by atoms with van der Waals surface area (Å²) in [6.07, 6.45) is 12.0. The summed E-state index contributed by atoms with van der Waals surface area (Å²) >= 11 is 0. The average Bonchev–Trinajstić information content (AvgIpc) is 3.24. The highest BCUT2D eigenvalue weighted by atomic mass is 16.4. The maximum Gasteiger partial charge on any atom is 0.267 e. The average molecular weight is 364 g/mol. The lowest BCUT2D eigenvalue weighted by atomic mass is 9.82. The van der Waals surface area contributed by atoms with Gasteiger partial charge in [0.25, 0.3) is 11.8 Å². The Morgan fingerprint density at radius 3 is 2.59 bits per heavy atom. The largest absolute Gasteiger partial charge is 0.419 e. The van der Waals surface area contributed by atoms with E-state index in [-0.39, 0.29) is 11.8 Å². The van der Waals surface area contributed by atoms with Crippen molar-refractivity contribution in [3.05, 3.63) is 54.6 Å². The summed E-state index contributed by atoms with van der Waals surface area (Å²) in [6, 6.07) is 3.44. The van der Waals surface area contributed by atoms with Gasteiger partial charge in [0.2, 0.25) is 5.89 Å². The van der Waals surface area contributed by atoms with E-state index in [1.54, 1.807) is 43.1 Å². The lowest BCUT2D eigenvalue weighted by Crippen LogP contribution is -2.31. The third-order valence-corrected chi connectivity index (χ3v) is 4.91. The summed E-state index contributed by atoms with van der Waals surface area (Å²) in [5.41, 5.74) is 1.23. The Kier molecular flexibility index (Phi) is 5.13. The molecule has 0 atom stereocenters. The number of amides is 1. The van der Waals surface area contributed by atoms with E-state index in [1.807, 2.05) is 0 Å². The minimum Gasteiger partial charge on any atom is -0.419 e. The Morgan fingerprint density at radius 2 is 1.85 bits per heavy atom. The maximum atomic E-state index is 12.1. The first-order chi connectivity index (χ1) is 13.3. The SMILES string of the molecule is O=C(NCC1CCC(c2nnc(-c3cnccn3)o2)CC1)c1ccncc1. The highest BCUT2D eigenvalue weighted by Crippen LogP contribution is 2.35. The lowest BCUT2D eigenvalue weighted by Gasteiger charge is -2.26. The molecule has 138 valence electrons. The zero-order chi connectivity index (χ0) is 18.5. The van der Waals surface area contributed by atoms with Crippen LogP contribution < -0.4 is 5.32 Å². The van der Waals surface area contributed by atoms with Crippen LogP contribution in [0.5, 0.6) is 0 Å². The molecule has 0 radical (unpaired) electrons. The van der Waals surface area contributed by atoms with Gasteiger partial charge in [-0.25, -0.2) is 4.98 Å². The second-order valence-electron chi connectivity index (χ2n) is 6.70. The quantitative estimate of drug-likeness (QED) is 0.741. The molecule has 0 aromatic carbocycles. The van der Waals surface area contributed by atoms with E-state index >= 15 is 0 Å². The molecule has 3 aromatic heterocycles. The Labute approximate surface area is 156 Å². The molecule has 8 heteroatoms. The molecule has 3 heterocycles. The third-order valence-electron chi connectivity index (χ3n) is 4.91. The molecule has 3 aromatic rings. The van der Waals surface area contributed by atoms with E-state index in [4.69, 9.17) is 4.42 Å². The van der Waals surface area contributed by atoms with Gasteiger partial charge in [-0.2, -0.15) is 0 Å². The van der Waals surface area contributed by atoms with Crippen molar-refractivity contribution in [2.45, 2.75) is 31.6 Å². The van der Waals surface area contributed by atoms with Gasteiger partial charge in [0.15, 0.2) is 0 Å². The van der Waals surface area contributed by atoms with E-state index in [1.165, 1.54) is 0 Å². The first kappa shape index (κ1) is 17.3. The van der Waals surface area contributed by atoms with Crippen LogP contribution in [0.2, 0.25) is 0 Å². The minimum absolute atomic E-state index is 0.0509. The predicted molar refractivity (Wildman–Crippen MR) is 96.6 cm³/mol. The van der Waals surface area contributed by atoms with Gasteiger partial charge < -0.3 is 9.73 Å². The molecule has 0 aliphatic heterocycles. The monoisotopic (exact) mass is 364 g/mol. The molecular formula is C19H20N6O2. The van der Waals surface area contributed by atoms with Crippen molar-refractivity contribution in [3.63, 3.8) is 0 Å². The summed E-state index contributed by atoms with van der Waals surface area (Å²) in [5.74, 6) is 1.74. The van der Waals surface area contributed by atoms with Crippen molar-refractivity contribution in [1.82, 2.24) is 30.5 Å². The Bertz CT molecular complexity index is 875. The number of nitrogens with zero attached hydrogens (tertiary/aromatic N) is 5. The van der Waals surface area contributed by atoms with Gasteiger partial charge in [-0.1, -0.05) is 0 Å². The number of aromatic nitrogens is 5. The van der Waals surface area contributed by atoms with E-state index in [2.05, 4.69) is 30.5 Å². The summed E-state index contributed by atoms with van der Waals surface area (Å²) < 4.78 is 5.80. The lowest BCUT2D eigenvalue weighted by molar-refractivity contribution is 0.0942. The third kappa shape index (κ3) is 4.16. The highest BCUT2D eigenvalue weighted by molar-refractivity contribution is 5.93. The van der Waals surface area contributed by atoms with Gasteiger partial charge in [0, 0.05) is 42.8 Å². The first-order valence-electron chi connectivity index (χ1n) is 9.07. The number of nitrogens with one attached hydrogen (secondary N) is 1. The number of hydrogen-bond donors (Lipinski definition) is 1. The summed E-state index contributed by atoms with van der Waals surface area (Å²) in [6.45, 7) is 0.683. The molecule has 8 nitrogen and oxygen atoms in total. The van der Waals surface area contributed by atoms with Gasteiger partial charge in [-0.05, 0) is 43.7 Å². The first-order valence-corrected chi connectivity index (χ1v) is 9.07. The van der Waals surface area contributed by atoms with Crippen LogP contribution in [0, 0.1) is 5.92 Å². The number of pyridine rings is 1. The van der Waals surface area contributed by atoms with Crippen molar-refractivity contribution in [3.8, 4) is 11.6 Å². The fourth-order valence-electron chi connectivity index (χ4n) is 3.37. The van der Waals surface area contributed by atoms with Crippen LogP contribution in [0.15, 0.2) is 47.5 Å². The smallest absolute Gasteiger partial charge is 0.267 e. The van der Waals surface area contributed by atoms with E-state index < -0.39 is 0 Å². The van der Waals surface area contributed by atoms with Crippen LogP contribution in [0.25, 0.3) is 11.6 Å². The van der Waals surface area contributed by atoms with Gasteiger partial charge in [-0.3, -0.25) is 14.8 Å². The highest BCUT2D eigenvalue weighted by Gasteiger charge is 2.27. The summed E-state index contributed by atoms with van der Waals surface area (Å²) in [5, 5.41) is 11.3. The van der Waals surface area contributed by atoms with E-state index in [0.29, 0.717) is 35.5 Å². The van der Waals surface area contributed by atoms with Crippen LogP contribution >= 0.6 is 0 Å². The van der Waals surface area contributed by atoms with Gasteiger partial charge in [-0.15, -0.1) is 10.2 Å². The molecular weight excluding hydrogens is 344 g/mol. The standard InChI is InChI=1S/C19H20N6O2/c26-17(14-5-7-20-8-6-14)23-11-13-1-3-15(4-2-13)18-24-25-19(27-18)16-12-21-9-10-22-16/h5-10,12-13,15H,1-4,11H2,(H,23,26). The van der Waals surface area contributed by atoms with Gasteiger partial charge >= 0.3 is 0 Å². The molecule has 0 saturated heterocycles. The Hall–Kier alpha value is -3.16. The molecule has 1 aliphatic rings. The topological polar surface area (TPSA) is 107 Å². The second-order valence-corrected chi connectivity index (χ2v) is 6.70. The van der Waals surface area contributed by atoms with Crippen molar-refractivity contribution >= 4 is 5.91 Å². The van der Waals surface area contributed by atoms with Crippen LogP contribution in [-0.2, 0) is 0 Å². The van der Waals surface area contributed by atoms with Crippen LogP contribution in [0.1, 0.15) is 47.8 Å². The van der Waals surface area contributed by atoms with Crippen molar-refractivity contribution in [1.29, 1.82) is 0 Å². The molecule has 1 fully saturated rings. The van der Waals surface area contributed by atoms with Gasteiger partial charge in [0.1, 0.15) is 5.69 Å². The van der Waals surface area contributed by atoms with Crippen molar-refractivity contribution in [2.75, 3.05) is 6.54 Å². The molecule has 0 spiro atoms. The number of carbonyl (C=O) groups excluding carboxylic acids is 1. The number of rotatable bonds is 5.